The van der Waals surface area contributed by atoms with Crippen molar-refractivity contribution in [1.82, 2.24) is 20.0 Å². The summed E-state index contributed by atoms with van der Waals surface area (Å²) in [7, 11) is 5.71. The molecule has 1 aliphatic rings. The van der Waals surface area contributed by atoms with Crippen molar-refractivity contribution < 1.29 is 9.53 Å². The Morgan fingerprint density at radius 1 is 1.10 bits per heavy atom. The third kappa shape index (κ3) is 3.91. The molecule has 0 bridgehead atoms. The number of ether oxygens (including phenoxy) is 1. The summed E-state index contributed by atoms with van der Waals surface area (Å²) in [5.41, 5.74) is 2.53. The number of fused-ring (bicyclic) bond motifs is 1. The monoisotopic (exact) mass is 393 g/mol. The zero-order valence-corrected chi connectivity index (χ0v) is 17.2. The first kappa shape index (κ1) is 19.3. The second kappa shape index (κ2) is 8.13. The molecule has 29 heavy (non-hydrogen) atoms. The molecule has 0 atom stereocenters. The number of carbonyl (C=O) groups is 1. The lowest BCUT2D eigenvalue weighted by molar-refractivity contribution is 0.0951. The molecule has 1 N–H and O–H groups in total. The van der Waals surface area contributed by atoms with Crippen LogP contribution in [0.3, 0.4) is 0 Å². The fourth-order valence-electron chi connectivity index (χ4n) is 3.76. The maximum atomic E-state index is 12.7. The Hall–Kier alpha value is -3.06. The predicted octanol–water partition coefficient (Wildman–Crippen LogP) is 2.26. The molecule has 152 valence electrons. The van der Waals surface area contributed by atoms with Crippen molar-refractivity contribution in [3.8, 4) is 5.75 Å². The molecule has 2 heterocycles. The zero-order valence-electron chi connectivity index (χ0n) is 17.2. The Morgan fingerprint density at radius 3 is 2.62 bits per heavy atom. The number of piperazine rings is 1. The van der Waals surface area contributed by atoms with Gasteiger partial charge in [0.25, 0.3) is 5.91 Å². The number of aryl methyl sites for hydroxylation is 1. The number of nitrogens with one attached hydrogen (secondary N) is 1. The Morgan fingerprint density at radius 2 is 1.86 bits per heavy atom. The highest BCUT2D eigenvalue weighted by Crippen LogP contribution is 2.27. The van der Waals surface area contributed by atoms with Crippen molar-refractivity contribution in [1.29, 1.82) is 0 Å². The van der Waals surface area contributed by atoms with Gasteiger partial charge in [0.15, 0.2) is 5.82 Å². The van der Waals surface area contributed by atoms with Crippen molar-refractivity contribution in [3.63, 3.8) is 0 Å². The highest BCUT2D eigenvalue weighted by atomic mass is 16.5. The first-order valence-electron chi connectivity index (χ1n) is 9.87. The van der Waals surface area contributed by atoms with Gasteiger partial charge in [-0.2, -0.15) is 5.10 Å². The fraction of sp³-hybridized carbons (Fsp3) is 0.364. The number of benzene rings is 2. The first-order valence-corrected chi connectivity index (χ1v) is 9.87. The number of rotatable bonds is 5. The van der Waals surface area contributed by atoms with Gasteiger partial charge in [-0.3, -0.25) is 9.48 Å². The van der Waals surface area contributed by atoms with Gasteiger partial charge in [0, 0.05) is 56.3 Å². The summed E-state index contributed by atoms with van der Waals surface area (Å²) in [6, 6.07) is 13.5. The van der Waals surface area contributed by atoms with Crippen LogP contribution < -0.4 is 15.0 Å². The van der Waals surface area contributed by atoms with Crippen LogP contribution in [0.1, 0.15) is 15.9 Å². The molecule has 1 aliphatic heterocycles. The number of para-hydroxylation sites is 1. The van der Waals surface area contributed by atoms with Crippen LogP contribution in [-0.2, 0) is 13.6 Å². The van der Waals surface area contributed by atoms with Gasteiger partial charge in [-0.05, 0) is 31.3 Å². The number of nitrogens with zero attached hydrogens (tertiary/aromatic N) is 4. The molecule has 1 fully saturated rings. The van der Waals surface area contributed by atoms with E-state index in [4.69, 9.17) is 9.84 Å². The normalized spacial score (nSPS) is 14.9. The molecule has 0 saturated carbocycles. The smallest absolute Gasteiger partial charge is 0.251 e. The SMILES string of the molecule is COc1ccccc1CNC(=O)c1ccc2c(N3CCN(C)CC3)nn(C)c2c1. The van der Waals surface area contributed by atoms with Crippen LogP contribution in [0.2, 0.25) is 0 Å². The third-order valence-corrected chi connectivity index (χ3v) is 5.53. The summed E-state index contributed by atoms with van der Waals surface area (Å²) in [4.78, 5) is 17.4. The van der Waals surface area contributed by atoms with E-state index in [1.807, 2.05) is 54.2 Å². The Balaban J connectivity index is 1.53. The minimum Gasteiger partial charge on any atom is -0.496 e. The molecular weight excluding hydrogens is 366 g/mol. The summed E-state index contributed by atoms with van der Waals surface area (Å²) < 4.78 is 7.21. The standard InChI is InChI=1S/C22H27N5O2/c1-25-10-12-27(13-11-25)21-18-9-8-16(14-19(18)26(2)24-21)22(28)23-15-17-6-4-5-7-20(17)29-3/h4-9,14H,10-13,15H2,1-3H3,(H,23,28). The second-order valence-electron chi connectivity index (χ2n) is 7.46. The van der Waals surface area contributed by atoms with Crippen LogP contribution in [0.25, 0.3) is 10.9 Å². The van der Waals surface area contributed by atoms with E-state index in [2.05, 4.69) is 22.2 Å². The van der Waals surface area contributed by atoms with Gasteiger partial charge >= 0.3 is 0 Å². The molecular formula is C22H27N5O2. The largest absolute Gasteiger partial charge is 0.496 e. The summed E-state index contributed by atoms with van der Waals surface area (Å²) in [5, 5.41) is 8.80. The van der Waals surface area contributed by atoms with Crippen molar-refractivity contribution in [2.24, 2.45) is 7.05 Å². The first-order chi connectivity index (χ1) is 14.1. The average Bonchev–Trinajstić information content (AvgIpc) is 3.08. The maximum absolute atomic E-state index is 12.7. The van der Waals surface area contributed by atoms with E-state index < -0.39 is 0 Å². The van der Waals surface area contributed by atoms with Crippen LogP contribution in [-0.4, -0.2) is 60.9 Å². The summed E-state index contributed by atoms with van der Waals surface area (Å²) in [6.07, 6.45) is 0. The van der Waals surface area contributed by atoms with E-state index in [1.165, 1.54) is 0 Å². The molecule has 0 aliphatic carbocycles. The number of hydrogen-bond acceptors (Lipinski definition) is 5. The molecule has 2 aromatic carbocycles. The van der Waals surface area contributed by atoms with E-state index in [1.54, 1.807) is 7.11 Å². The van der Waals surface area contributed by atoms with Crippen LogP contribution in [0.15, 0.2) is 42.5 Å². The molecule has 0 spiro atoms. The van der Waals surface area contributed by atoms with Crippen molar-refractivity contribution >= 4 is 22.6 Å². The van der Waals surface area contributed by atoms with Crippen LogP contribution in [0.5, 0.6) is 5.75 Å². The zero-order chi connectivity index (χ0) is 20.4. The highest BCUT2D eigenvalue weighted by molar-refractivity contribution is 6.00. The minimum absolute atomic E-state index is 0.111. The quantitative estimate of drug-likeness (QED) is 0.721. The van der Waals surface area contributed by atoms with Crippen molar-refractivity contribution in [2.45, 2.75) is 6.54 Å². The van der Waals surface area contributed by atoms with Gasteiger partial charge in [-0.15, -0.1) is 0 Å². The van der Waals surface area contributed by atoms with Crippen molar-refractivity contribution in [2.75, 3.05) is 45.2 Å². The Labute approximate surface area is 170 Å². The van der Waals surface area contributed by atoms with E-state index >= 15 is 0 Å². The highest BCUT2D eigenvalue weighted by Gasteiger charge is 2.20. The minimum atomic E-state index is -0.111. The maximum Gasteiger partial charge on any atom is 0.251 e. The topological polar surface area (TPSA) is 62.6 Å². The van der Waals surface area contributed by atoms with Gasteiger partial charge in [-0.25, -0.2) is 0 Å². The third-order valence-electron chi connectivity index (χ3n) is 5.53. The molecule has 7 nitrogen and oxygen atoms in total. The summed E-state index contributed by atoms with van der Waals surface area (Å²) in [6.45, 7) is 4.40. The van der Waals surface area contributed by atoms with Crippen LogP contribution >= 0.6 is 0 Å². The number of likely N-dealkylation sites (N-methyl/N-ethyl adjacent to an activating group) is 1. The number of hydrogen-bond donors (Lipinski definition) is 1. The van der Waals surface area contributed by atoms with Crippen LogP contribution in [0.4, 0.5) is 5.82 Å². The summed E-state index contributed by atoms with van der Waals surface area (Å²) in [5.74, 6) is 1.66. The molecule has 0 radical (unpaired) electrons. The number of methoxy groups -OCH3 is 1. The van der Waals surface area contributed by atoms with E-state index in [-0.39, 0.29) is 5.91 Å². The Bertz CT molecular complexity index is 1020. The molecule has 1 aromatic heterocycles. The van der Waals surface area contributed by atoms with Gasteiger partial charge in [0.2, 0.25) is 0 Å². The number of carbonyl (C=O) groups excluding carboxylic acids is 1. The molecule has 1 amide bonds. The van der Waals surface area contributed by atoms with E-state index in [0.717, 1.165) is 54.2 Å². The number of anilines is 1. The molecule has 1 saturated heterocycles. The number of amides is 1. The molecule has 7 heteroatoms. The fourth-order valence-corrected chi connectivity index (χ4v) is 3.76. The lowest BCUT2D eigenvalue weighted by atomic mass is 10.1. The van der Waals surface area contributed by atoms with Gasteiger partial charge in [0.05, 0.1) is 12.6 Å². The van der Waals surface area contributed by atoms with Gasteiger partial charge in [0.1, 0.15) is 5.75 Å². The summed E-state index contributed by atoms with van der Waals surface area (Å²) >= 11 is 0. The molecule has 4 rings (SSSR count). The average molecular weight is 393 g/mol. The van der Waals surface area contributed by atoms with Crippen LogP contribution in [0, 0.1) is 0 Å². The number of aromatic nitrogens is 2. The predicted molar refractivity (Wildman–Crippen MR) is 115 cm³/mol. The van der Waals surface area contributed by atoms with E-state index in [9.17, 15) is 4.79 Å². The van der Waals surface area contributed by atoms with Gasteiger partial charge in [-0.1, -0.05) is 18.2 Å². The Kier molecular flexibility index (Phi) is 5.40. The lowest BCUT2D eigenvalue weighted by Gasteiger charge is -2.32. The lowest BCUT2D eigenvalue weighted by Crippen LogP contribution is -2.44. The van der Waals surface area contributed by atoms with Crippen molar-refractivity contribution in [3.05, 3.63) is 53.6 Å². The van der Waals surface area contributed by atoms with E-state index in [0.29, 0.717) is 12.1 Å². The van der Waals surface area contributed by atoms with Gasteiger partial charge < -0.3 is 19.9 Å². The molecule has 3 aromatic rings. The molecule has 0 unspecified atom stereocenters. The second-order valence-corrected chi connectivity index (χ2v) is 7.46.